The van der Waals surface area contributed by atoms with Crippen LogP contribution in [0.1, 0.15) is 36.3 Å². The zero-order chi connectivity index (χ0) is 16.3. The van der Waals surface area contributed by atoms with E-state index in [1.165, 1.54) is 0 Å². The fourth-order valence-corrected chi connectivity index (χ4v) is 1.69. The van der Waals surface area contributed by atoms with Crippen molar-refractivity contribution in [3.8, 4) is 29.8 Å². The van der Waals surface area contributed by atoms with Crippen LogP contribution in [0.15, 0.2) is 36.4 Å². The maximum atomic E-state index is 8.76. The normalized spacial score (nSPS) is 8.61. The highest BCUT2D eigenvalue weighted by molar-refractivity contribution is 5.40. The Balaban J connectivity index is 1.81. The molecule has 23 heavy (non-hydrogen) atoms. The van der Waals surface area contributed by atoms with E-state index in [9.17, 15) is 0 Å². The summed E-state index contributed by atoms with van der Waals surface area (Å²) in [5, 5.41) is 8.76. The van der Waals surface area contributed by atoms with E-state index < -0.39 is 0 Å². The molecule has 2 aromatic heterocycles. The molecule has 0 unspecified atom stereocenters. The lowest BCUT2D eigenvalue weighted by molar-refractivity contribution is 0.903. The minimum Gasteiger partial charge on any atom is -0.361 e. The highest BCUT2D eigenvalue weighted by Crippen LogP contribution is 2.07. The molecule has 108 valence electrons. The minimum atomic E-state index is 0.356. The predicted molar refractivity (Wildman–Crippen MR) is 87.1 cm³/mol. The second kappa shape index (κ2) is 8.63. The van der Waals surface area contributed by atoms with Crippen LogP contribution in [0.5, 0.6) is 0 Å². The third kappa shape index (κ3) is 5.35. The van der Waals surface area contributed by atoms with Gasteiger partial charge in [0.15, 0.2) is 0 Å². The standard InChI is InChI=1S/C19H12N4/c1-21-19-14-8-12-17(23-19)10-6-4-2-3-5-9-16-11-7-13-18(15-20)22-16/h7-8,11-14H,2-4H2. The van der Waals surface area contributed by atoms with Crippen molar-refractivity contribution in [1.82, 2.24) is 9.97 Å². The van der Waals surface area contributed by atoms with Crippen LogP contribution < -0.4 is 0 Å². The Labute approximate surface area is 135 Å². The molecule has 0 spiro atoms. The van der Waals surface area contributed by atoms with E-state index in [4.69, 9.17) is 11.8 Å². The van der Waals surface area contributed by atoms with Crippen molar-refractivity contribution in [3.05, 3.63) is 64.9 Å². The molecule has 0 saturated carbocycles. The van der Waals surface area contributed by atoms with E-state index in [1.807, 2.05) is 6.07 Å². The SMILES string of the molecule is [C-]#[N+]c1cccc(C#CCCCC#Cc2cccc(C#N)n2)n1. The van der Waals surface area contributed by atoms with Gasteiger partial charge in [0, 0.05) is 12.8 Å². The molecule has 0 aliphatic carbocycles. The van der Waals surface area contributed by atoms with E-state index in [1.54, 1.807) is 36.4 Å². The van der Waals surface area contributed by atoms with Crippen LogP contribution in [0.2, 0.25) is 0 Å². The first-order chi connectivity index (χ1) is 11.3. The summed E-state index contributed by atoms with van der Waals surface area (Å²) in [5.74, 6) is 12.3. The summed E-state index contributed by atoms with van der Waals surface area (Å²) in [6, 6.07) is 12.4. The molecule has 0 aliphatic rings. The average molecular weight is 296 g/mol. The Morgan fingerprint density at radius 3 is 2.17 bits per heavy atom. The molecule has 2 heterocycles. The van der Waals surface area contributed by atoms with Crippen LogP contribution in [0.25, 0.3) is 4.85 Å². The first kappa shape index (κ1) is 15.8. The van der Waals surface area contributed by atoms with Gasteiger partial charge in [-0.25, -0.2) is 4.98 Å². The van der Waals surface area contributed by atoms with Crippen molar-refractivity contribution in [2.75, 3.05) is 0 Å². The van der Waals surface area contributed by atoms with Crippen molar-refractivity contribution in [2.24, 2.45) is 0 Å². The first-order valence-electron chi connectivity index (χ1n) is 7.01. The number of hydrogen-bond donors (Lipinski definition) is 0. The van der Waals surface area contributed by atoms with Gasteiger partial charge in [-0.1, -0.05) is 30.5 Å². The van der Waals surface area contributed by atoms with Gasteiger partial charge >= 0.3 is 0 Å². The molecule has 4 heteroatoms. The lowest BCUT2D eigenvalue weighted by atomic mass is 10.2. The maximum absolute atomic E-state index is 8.76. The fourth-order valence-electron chi connectivity index (χ4n) is 1.69. The average Bonchev–Trinajstić information content (AvgIpc) is 2.61. The molecule has 4 nitrogen and oxygen atoms in total. The van der Waals surface area contributed by atoms with Crippen LogP contribution in [-0.4, -0.2) is 9.97 Å². The Morgan fingerprint density at radius 2 is 1.52 bits per heavy atom. The molecule has 0 aromatic carbocycles. The van der Waals surface area contributed by atoms with E-state index in [0.717, 1.165) is 6.42 Å². The fraction of sp³-hybridized carbons (Fsp3) is 0.158. The van der Waals surface area contributed by atoms with Crippen LogP contribution in [0.4, 0.5) is 5.82 Å². The number of hydrogen-bond acceptors (Lipinski definition) is 3. The van der Waals surface area contributed by atoms with E-state index in [2.05, 4.69) is 38.5 Å². The quantitative estimate of drug-likeness (QED) is 0.484. The predicted octanol–water partition coefficient (Wildman–Crippen LogP) is 3.47. The molecule has 0 aliphatic heterocycles. The van der Waals surface area contributed by atoms with E-state index in [-0.39, 0.29) is 0 Å². The molecule has 0 atom stereocenters. The summed E-state index contributed by atoms with van der Waals surface area (Å²) in [5.41, 5.74) is 1.59. The molecule has 2 rings (SSSR count). The van der Waals surface area contributed by atoms with Crippen molar-refractivity contribution in [3.63, 3.8) is 0 Å². The summed E-state index contributed by atoms with van der Waals surface area (Å²) in [7, 11) is 0. The Morgan fingerprint density at radius 1 is 0.913 bits per heavy atom. The number of nitriles is 1. The molecular formula is C19H12N4. The summed E-state index contributed by atoms with van der Waals surface area (Å²) >= 11 is 0. The molecule has 0 bridgehead atoms. The molecule has 0 amide bonds. The van der Waals surface area contributed by atoms with Crippen LogP contribution in [-0.2, 0) is 0 Å². The van der Waals surface area contributed by atoms with Gasteiger partial charge in [0.05, 0.1) is 0 Å². The number of unbranched alkanes of at least 4 members (excludes halogenated alkanes) is 2. The summed E-state index contributed by atoms with van der Waals surface area (Å²) in [6.45, 7) is 6.90. The Hall–Kier alpha value is -3.60. The monoisotopic (exact) mass is 296 g/mol. The zero-order valence-corrected chi connectivity index (χ0v) is 12.4. The lowest BCUT2D eigenvalue weighted by Gasteiger charge is -1.90. The van der Waals surface area contributed by atoms with Gasteiger partial charge in [-0.3, -0.25) is 0 Å². The Bertz CT molecular complexity index is 817. The van der Waals surface area contributed by atoms with Gasteiger partial charge in [0.2, 0.25) is 5.69 Å². The van der Waals surface area contributed by atoms with Gasteiger partial charge in [-0.2, -0.15) is 5.26 Å². The van der Waals surface area contributed by atoms with E-state index in [0.29, 0.717) is 35.7 Å². The highest BCUT2D eigenvalue weighted by atomic mass is 14.9. The van der Waals surface area contributed by atoms with Crippen molar-refractivity contribution in [2.45, 2.75) is 19.3 Å². The number of aromatic nitrogens is 2. The Kier molecular flexibility index (Phi) is 5.93. The van der Waals surface area contributed by atoms with Gasteiger partial charge in [-0.15, -0.1) is 4.98 Å². The van der Waals surface area contributed by atoms with Gasteiger partial charge in [-0.05, 0) is 42.5 Å². The number of rotatable bonds is 2. The van der Waals surface area contributed by atoms with Gasteiger partial charge < -0.3 is 4.85 Å². The smallest absolute Gasteiger partial charge is 0.270 e. The lowest BCUT2D eigenvalue weighted by Crippen LogP contribution is -1.85. The third-order valence-electron chi connectivity index (χ3n) is 2.75. The van der Waals surface area contributed by atoms with Gasteiger partial charge in [0.1, 0.15) is 17.5 Å². The molecule has 0 radical (unpaired) electrons. The number of nitrogens with zero attached hydrogens (tertiary/aromatic N) is 4. The van der Waals surface area contributed by atoms with Crippen molar-refractivity contribution >= 4 is 5.82 Å². The molecule has 2 aromatic rings. The van der Waals surface area contributed by atoms with Gasteiger partial charge in [0.25, 0.3) is 5.82 Å². The molecule has 0 fully saturated rings. The topological polar surface area (TPSA) is 53.9 Å². The highest BCUT2D eigenvalue weighted by Gasteiger charge is 1.95. The zero-order valence-electron chi connectivity index (χ0n) is 12.4. The molecule has 0 N–H and O–H groups in total. The molecular weight excluding hydrogens is 284 g/mol. The van der Waals surface area contributed by atoms with E-state index >= 15 is 0 Å². The second-order valence-corrected chi connectivity index (χ2v) is 4.47. The van der Waals surface area contributed by atoms with Crippen molar-refractivity contribution < 1.29 is 0 Å². The van der Waals surface area contributed by atoms with Crippen LogP contribution in [0, 0.1) is 41.6 Å². The largest absolute Gasteiger partial charge is 0.361 e. The van der Waals surface area contributed by atoms with Crippen LogP contribution >= 0.6 is 0 Å². The third-order valence-corrected chi connectivity index (χ3v) is 2.75. The summed E-state index contributed by atoms with van der Waals surface area (Å²) in [6.07, 6.45) is 2.27. The minimum absolute atomic E-state index is 0.356. The molecule has 0 saturated heterocycles. The first-order valence-corrected chi connectivity index (χ1v) is 7.01. The summed E-state index contributed by atoms with van der Waals surface area (Å²) in [4.78, 5) is 11.4. The maximum Gasteiger partial charge on any atom is 0.270 e. The second-order valence-electron chi connectivity index (χ2n) is 4.47. The number of pyridine rings is 2. The van der Waals surface area contributed by atoms with Crippen LogP contribution in [0.3, 0.4) is 0 Å². The van der Waals surface area contributed by atoms with Crippen molar-refractivity contribution in [1.29, 1.82) is 5.26 Å². The summed E-state index contributed by atoms with van der Waals surface area (Å²) < 4.78 is 0.